The lowest BCUT2D eigenvalue weighted by molar-refractivity contribution is -0.274. The van der Waals surface area contributed by atoms with Gasteiger partial charge in [0, 0.05) is 6.07 Å². The maximum Gasteiger partial charge on any atom is 0.573 e. The molecule has 0 aliphatic carbocycles. The number of hydrogen-bond acceptors (Lipinski definition) is 3. The fourth-order valence-electron chi connectivity index (χ4n) is 1.15. The third kappa shape index (κ3) is 3.52. The average Bonchev–Trinajstić information content (AvgIpc) is 2.25. The molecule has 0 bridgehead atoms. The minimum Gasteiger partial charge on any atom is -0.405 e. The van der Waals surface area contributed by atoms with Gasteiger partial charge in [0.2, 0.25) is 0 Å². The van der Waals surface area contributed by atoms with Crippen molar-refractivity contribution in [3.8, 4) is 5.75 Å². The zero-order chi connectivity index (χ0) is 13.9. The molecular weight excluding hydrogens is 285 g/mol. The number of carbonyl (C=O) groups excluding carboxylic acids is 1. The number of nitrogens with zero attached hydrogens (tertiary/aromatic N) is 1. The molecule has 1 rings (SSSR count). The lowest BCUT2D eigenvalue weighted by Crippen LogP contribution is -2.19. The molecule has 1 aromatic heterocycles. The number of ether oxygens (including phenoxy) is 1. The number of aldehydes is 1. The zero-order valence-corrected chi connectivity index (χ0v) is 9.23. The van der Waals surface area contributed by atoms with E-state index in [1.165, 1.54) is 0 Å². The molecule has 0 aromatic carbocycles. The molecule has 3 nitrogen and oxygen atoms in total. The van der Waals surface area contributed by atoms with Crippen molar-refractivity contribution < 1.29 is 31.5 Å². The Bertz CT molecular complexity index is 449. The molecule has 0 radical (unpaired) electrons. The molecule has 9 heteroatoms. The van der Waals surface area contributed by atoms with Gasteiger partial charge in [0.15, 0.2) is 6.29 Å². The van der Waals surface area contributed by atoms with Crippen LogP contribution in [0.5, 0.6) is 5.75 Å². The van der Waals surface area contributed by atoms with Crippen molar-refractivity contribution in [1.29, 1.82) is 0 Å². The van der Waals surface area contributed by atoms with Crippen molar-refractivity contribution >= 4 is 17.9 Å². The molecule has 0 unspecified atom stereocenters. The Balaban J connectivity index is 3.35. The molecule has 0 saturated carbocycles. The summed E-state index contributed by atoms with van der Waals surface area (Å²) in [5, 5.41) is 0. The highest BCUT2D eigenvalue weighted by molar-refractivity contribution is 6.17. The Morgan fingerprint density at radius 2 is 2.06 bits per heavy atom. The summed E-state index contributed by atoms with van der Waals surface area (Å²) in [5.74, 6) is -1.54. The summed E-state index contributed by atoms with van der Waals surface area (Å²) in [6.07, 6.45) is -8.20. The molecule has 0 N–H and O–H groups in total. The summed E-state index contributed by atoms with van der Waals surface area (Å²) in [4.78, 5) is 13.9. The highest BCUT2D eigenvalue weighted by Crippen LogP contribution is 2.31. The molecule has 0 fully saturated rings. The number of pyridine rings is 1. The molecule has 100 valence electrons. The van der Waals surface area contributed by atoms with Crippen molar-refractivity contribution in [3.63, 3.8) is 0 Å². The van der Waals surface area contributed by atoms with Crippen LogP contribution >= 0.6 is 11.6 Å². The fourth-order valence-corrected chi connectivity index (χ4v) is 1.36. The lowest BCUT2D eigenvalue weighted by atomic mass is 10.2. The molecule has 1 heterocycles. The summed E-state index contributed by atoms with van der Waals surface area (Å²) in [6, 6.07) is 0.359. The lowest BCUT2D eigenvalue weighted by Gasteiger charge is -2.13. The standard InChI is InChI=1S/C9H5ClF5NO2/c10-2-6-4(3-17)7(18-9(13,14)15)1-5(16-6)8(11)12/h1,3,8H,2H2. The SMILES string of the molecule is O=Cc1c(OC(F)(F)F)cc(C(F)F)nc1CCl. The van der Waals surface area contributed by atoms with Gasteiger partial charge in [-0.1, -0.05) is 0 Å². The van der Waals surface area contributed by atoms with E-state index < -0.39 is 41.4 Å². The smallest absolute Gasteiger partial charge is 0.405 e. The van der Waals surface area contributed by atoms with E-state index in [0.717, 1.165) is 0 Å². The average molecular weight is 290 g/mol. The molecule has 0 aliphatic heterocycles. The highest BCUT2D eigenvalue weighted by Gasteiger charge is 2.33. The molecule has 18 heavy (non-hydrogen) atoms. The van der Waals surface area contributed by atoms with E-state index in [-0.39, 0.29) is 6.29 Å². The molecule has 0 amide bonds. The Morgan fingerprint density at radius 1 is 1.44 bits per heavy atom. The largest absolute Gasteiger partial charge is 0.573 e. The maximum absolute atomic E-state index is 12.4. The number of rotatable bonds is 4. The minimum absolute atomic E-state index is 0.0149. The van der Waals surface area contributed by atoms with Crippen molar-refractivity contribution in [2.75, 3.05) is 0 Å². The van der Waals surface area contributed by atoms with Crippen LogP contribution in [0.25, 0.3) is 0 Å². The van der Waals surface area contributed by atoms with Gasteiger partial charge in [0.25, 0.3) is 6.43 Å². The van der Waals surface area contributed by atoms with E-state index in [1.54, 1.807) is 0 Å². The fraction of sp³-hybridized carbons (Fsp3) is 0.333. The van der Waals surface area contributed by atoms with Crippen molar-refractivity contribution in [2.24, 2.45) is 0 Å². The Labute approximate surface area is 103 Å². The topological polar surface area (TPSA) is 39.2 Å². The second-order valence-corrected chi connectivity index (χ2v) is 3.27. The quantitative estimate of drug-likeness (QED) is 0.484. The van der Waals surface area contributed by atoms with E-state index in [4.69, 9.17) is 11.6 Å². The van der Waals surface area contributed by atoms with Gasteiger partial charge in [-0.25, -0.2) is 13.8 Å². The predicted octanol–water partition coefficient (Wildman–Crippen LogP) is 3.47. The molecule has 0 spiro atoms. The zero-order valence-electron chi connectivity index (χ0n) is 8.47. The summed E-state index contributed by atoms with van der Waals surface area (Å²) in [7, 11) is 0. The van der Waals surface area contributed by atoms with Gasteiger partial charge in [0.05, 0.1) is 17.1 Å². The molecule has 1 aromatic rings. The number of halogens is 6. The van der Waals surface area contributed by atoms with Crippen LogP contribution in [-0.4, -0.2) is 17.6 Å². The summed E-state index contributed by atoms with van der Waals surface area (Å²) < 4.78 is 64.4. The number of hydrogen-bond donors (Lipinski definition) is 0. The third-order valence-electron chi connectivity index (χ3n) is 1.81. The predicted molar refractivity (Wildman–Crippen MR) is 50.8 cm³/mol. The van der Waals surface area contributed by atoms with Crippen LogP contribution in [0.2, 0.25) is 0 Å². The van der Waals surface area contributed by atoms with Gasteiger partial charge < -0.3 is 4.74 Å². The first kappa shape index (κ1) is 14.6. The second kappa shape index (κ2) is 5.47. The van der Waals surface area contributed by atoms with Crippen LogP contribution in [0.15, 0.2) is 6.07 Å². The van der Waals surface area contributed by atoms with Crippen LogP contribution in [0.4, 0.5) is 22.0 Å². The number of alkyl halides is 6. The first-order valence-electron chi connectivity index (χ1n) is 4.37. The third-order valence-corrected chi connectivity index (χ3v) is 2.07. The highest BCUT2D eigenvalue weighted by atomic mass is 35.5. The van der Waals surface area contributed by atoms with Crippen LogP contribution in [0.3, 0.4) is 0 Å². The monoisotopic (exact) mass is 289 g/mol. The molecule has 0 aliphatic rings. The maximum atomic E-state index is 12.4. The first-order valence-corrected chi connectivity index (χ1v) is 4.90. The number of carbonyl (C=O) groups is 1. The Kier molecular flexibility index (Phi) is 4.44. The normalized spacial score (nSPS) is 11.7. The van der Waals surface area contributed by atoms with Gasteiger partial charge in [-0.3, -0.25) is 4.79 Å². The summed E-state index contributed by atoms with van der Waals surface area (Å²) >= 11 is 5.33. The van der Waals surface area contributed by atoms with Crippen molar-refractivity contribution in [2.45, 2.75) is 18.7 Å². The minimum atomic E-state index is -5.11. The van der Waals surface area contributed by atoms with Gasteiger partial charge in [-0.2, -0.15) is 0 Å². The van der Waals surface area contributed by atoms with Crippen molar-refractivity contribution in [3.05, 3.63) is 23.0 Å². The second-order valence-electron chi connectivity index (χ2n) is 3.01. The first-order chi connectivity index (χ1) is 8.28. The summed E-state index contributed by atoms with van der Waals surface area (Å²) in [6.45, 7) is 0. The van der Waals surface area contributed by atoms with Crippen LogP contribution < -0.4 is 4.74 Å². The van der Waals surface area contributed by atoms with Crippen LogP contribution in [-0.2, 0) is 5.88 Å². The number of aromatic nitrogens is 1. The Hall–Kier alpha value is -1.44. The van der Waals surface area contributed by atoms with E-state index in [9.17, 15) is 26.7 Å². The van der Waals surface area contributed by atoms with E-state index in [0.29, 0.717) is 6.07 Å². The van der Waals surface area contributed by atoms with Gasteiger partial charge in [-0.05, 0) is 0 Å². The van der Waals surface area contributed by atoms with Crippen molar-refractivity contribution in [1.82, 2.24) is 4.98 Å². The molecular formula is C9H5ClF5NO2. The van der Waals surface area contributed by atoms with Crippen LogP contribution in [0.1, 0.15) is 28.2 Å². The Morgan fingerprint density at radius 3 is 2.44 bits per heavy atom. The molecule has 0 saturated heterocycles. The van der Waals surface area contributed by atoms with Gasteiger partial charge in [0.1, 0.15) is 11.4 Å². The van der Waals surface area contributed by atoms with Crippen LogP contribution in [0, 0.1) is 0 Å². The van der Waals surface area contributed by atoms with Gasteiger partial charge in [-0.15, -0.1) is 24.8 Å². The summed E-state index contributed by atoms with van der Waals surface area (Å²) in [5.41, 5.74) is -1.95. The molecule has 0 atom stereocenters. The van der Waals surface area contributed by atoms with E-state index >= 15 is 0 Å². The van der Waals surface area contributed by atoms with E-state index in [1.807, 2.05) is 0 Å². The van der Waals surface area contributed by atoms with E-state index in [2.05, 4.69) is 9.72 Å². The van der Waals surface area contributed by atoms with Gasteiger partial charge >= 0.3 is 6.36 Å².